The van der Waals surface area contributed by atoms with Crippen molar-refractivity contribution in [3.05, 3.63) is 47.8 Å². The highest BCUT2D eigenvalue weighted by atomic mass is 19.4. The van der Waals surface area contributed by atoms with Gasteiger partial charge in [-0.05, 0) is 43.2 Å². The van der Waals surface area contributed by atoms with Gasteiger partial charge in [0.05, 0.1) is 11.6 Å². The second kappa shape index (κ2) is 6.18. The molecule has 2 heterocycles. The number of benzene rings is 1. The van der Waals surface area contributed by atoms with Gasteiger partial charge in [0, 0.05) is 31.2 Å². The normalized spacial score (nSPS) is 18.0. The summed E-state index contributed by atoms with van der Waals surface area (Å²) < 4.78 is 40.4. The SMILES string of the molecule is Cc1cc(NC(=O)N2CCC(n3cccn3)C2)cc(C(F)(F)F)c1. The van der Waals surface area contributed by atoms with Crippen molar-refractivity contribution in [2.45, 2.75) is 25.6 Å². The minimum absolute atomic E-state index is 0.0917. The molecule has 0 spiro atoms. The van der Waals surface area contributed by atoms with Crippen LogP contribution >= 0.6 is 0 Å². The third kappa shape index (κ3) is 3.52. The number of likely N-dealkylation sites (tertiary alicyclic amines) is 1. The second-order valence-corrected chi connectivity index (χ2v) is 5.89. The molecule has 1 aromatic carbocycles. The molecule has 1 N–H and O–H groups in total. The lowest BCUT2D eigenvalue weighted by molar-refractivity contribution is -0.137. The Morgan fingerprint density at radius 1 is 1.33 bits per heavy atom. The molecule has 1 aromatic heterocycles. The van der Waals surface area contributed by atoms with E-state index in [9.17, 15) is 18.0 Å². The fourth-order valence-electron chi connectivity index (χ4n) is 2.86. The molecule has 1 saturated heterocycles. The van der Waals surface area contributed by atoms with E-state index in [0.29, 0.717) is 18.7 Å². The van der Waals surface area contributed by atoms with E-state index in [-0.39, 0.29) is 11.7 Å². The molecule has 1 aliphatic heterocycles. The molecule has 2 aromatic rings. The van der Waals surface area contributed by atoms with Crippen LogP contribution in [0.5, 0.6) is 0 Å². The third-order valence-electron chi connectivity index (χ3n) is 4.01. The number of alkyl halides is 3. The number of nitrogens with zero attached hydrogens (tertiary/aromatic N) is 3. The summed E-state index contributed by atoms with van der Waals surface area (Å²) in [6, 6.07) is 5.03. The molecule has 3 rings (SSSR count). The predicted molar refractivity (Wildman–Crippen MR) is 82.7 cm³/mol. The second-order valence-electron chi connectivity index (χ2n) is 5.89. The highest BCUT2D eigenvalue weighted by molar-refractivity contribution is 5.89. The van der Waals surface area contributed by atoms with Crippen molar-refractivity contribution in [1.82, 2.24) is 14.7 Å². The monoisotopic (exact) mass is 338 g/mol. The molecule has 128 valence electrons. The number of rotatable bonds is 2. The van der Waals surface area contributed by atoms with Gasteiger partial charge in [-0.15, -0.1) is 0 Å². The van der Waals surface area contributed by atoms with Gasteiger partial charge in [0.1, 0.15) is 0 Å². The highest BCUT2D eigenvalue weighted by Crippen LogP contribution is 2.32. The quantitative estimate of drug-likeness (QED) is 0.908. The molecule has 0 bridgehead atoms. The van der Waals surface area contributed by atoms with Crippen molar-refractivity contribution >= 4 is 11.7 Å². The maximum atomic E-state index is 12.9. The number of amides is 2. The summed E-state index contributed by atoms with van der Waals surface area (Å²) in [4.78, 5) is 13.9. The van der Waals surface area contributed by atoms with Crippen LogP contribution in [-0.2, 0) is 6.18 Å². The number of urea groups is 1. The Bertz CT molecular complexity index is 727. The third-order valence-corrected chi connectivity index (χ3v) is 4.01. The number of aryl methyl sites for hydroxylation is 1. The average Bonchev–Trinajstić information content (AvgIpc) is 3.17. The molecule has 1 atom stereocenters. The van der Waals surface area contributed by atoms with Crippen molar-refractivity contribution in [2.24, 2.45) is 0 Å². The Hall–Kier alpha value is -2.51. The van der Waals surface area contributed by atoms with Crippen LogP contribution in [0.15, 0.2) is 36.7 Å². The smallest absolute Gasteiger partial charge is 0.322 e. The molecule has 0 radical (unpaired) electrons. The number of anilines is 1. The van der Waals surface area contributed by atoms with Gasteiger partial charge in [-0.2, -0.15) is 18.3 Å². The summed E-state index contributed by atoms with van der Waals surface area (Å²) in [6.07, 6.45) is -0.169. The fraction of sp³-hybridized carbons (Fsp3) is 0.375. The molecule has 2 amide bonds. The Kier molecular flexibility index (Phi) is 4.21. The number of aromatic nitrogens is 2. The molecule has 24 heavy (non-hydrogen) atoms. The van der Waals surface area contributed by atoms with Crippen molar-refractivity contribution in [3.8, 4) is 0 Å². The zero-order chi connectivity index (χ0) is 17.3. The number of hydrogen-bond donors (Lipinski definition) is 1. The van der Waals surface area contributed by atoms with Crippen LogP contribution in [0.3, 0.4) is 0 Å². The van der Waals surface area contributed by atoms with E-state index in [1.807, 2.05) is 12.3 Å². The van der Waals surface area contributed by atoms with E-state index in [2.05, 4.69) is 10.4 Å². The first-order chi connectivity index (χ1) is 11.3. The molecule has 1 fully saturated rings. The van der Waals surface area contributed by atoms with Gasteiger partial charge in [0.25, 0.3) is 0 Å². The van der Waals surface area contributed by atoms with E-state index in [1.54, 1.807) is 22.7 Å². The molecule has 8 heteroatoms. The maximum absolute atomic E-state index is 12.9. The van der Waals surface area contributed by atoms with Crippen molar-refractivity contribution < 1.29 is 18.0 Å². The van der Waals surface area contributed by atoms with Gasteiger partial charge in [0.2, 0.25) is 0 Å². The molecular weight excluding hydrogens is 321 g/mol. The van der Waals surface area contributed by atoms with E-state index in [1.165, 1.54) is 6.07 Å². The summed E-state index contributed by atoms with van der Waals surface area (Å²) in [6.45, 7) is 2.58. The molecule has 5 nitrogen and oxygen atoms in total. The van der Waals surface area contributed by atoms with Crippen LogP contribution in [0.2, 0.25) is 0 Å². The van der Waals surface area contributed by atoms with Crippen LogP contribution in [-0.4, -0.2) is 33.8 Å². The van der Waals surface area contributed by atoms with E-state index in [4.69, 9.17) is 0 Å². The Labute approximate surface area is 137 Å². The first-order valence-corrected chi connectivity index (χ1v) is 7.57. The predicted octanol–water partition coefficient (Wildman–Crippen LogP) is 3.69. The van der Waals surface area contributed by atoms with E-state index >= 15 is 0 Å². The Morgan fingerprint density at radius 2 is 2.12 bits per heavy atom. The standard InChI is InChI=1S/C16H17F3N4O/c1-11-7-12(16(17,18)19)9-13(8-11)21-15(24)22-6-3-14(10-22)23-5-2-4-20-23/h2,4-5,7-9,14H,3,6,10H2,1H3,(H,21,24). The lowest BCUT2D eigenvalue weighted by Crippen LogP contribution is -2.33. The van der Waals surface area contributed by atoms with E-state index < -0.39 is 17.8 Å². The highest BCUT2D eigenvalue weighted by Gasteiger charge is 2.32. The summed E-state index contributed by atoms with van der Waals surface area (Å²) in [5, 5.41) is 6.72. The summed E-state index contributed by atoms with van der Waals surface area (Å²) in [5.41, 5.74) is -0.181. The summed E-state index contributed by atoms with van der Waals surface area (Å²) in [7, 11) is 0. The zero-order valence-electron chi connectivity index (χ0n) is 13.0. The zero-order valence-corrected chi connectivity index (χ0v) is 13.0. The van der Waals surface area contributed by atoms with Gasteiger partial charge in [0.15, 0.2) is 0 Å². The summed E-state index contributed by atoms with van der Waals surface area (Å²) >= 11 is 0. The Morgan fingerprint density at radius 3 is 2.79 bits per heavy atom. The Balaban J connectivity index is 1.68. The minimum atomic E-state index is -4.44. The fourth-order valence-corrected chi connectivity index (χ4v) is 2.86. The summed E-state index contributed by atoms with van der Waals surface area (Å²) in [5.74, 6) is 0. The van der Waals surface area contributed by atoms with Crippen LogP contribution in [0.25, 0.3) is 0 Å². The number of halogens is 3. The van der Waals surface area contributed by atoms with Crippen LogP contribution in [0.4, 0.5) is 23.7 Å². The molecule has 1 aliphatic rings. The molecular formula is C16H17F3N4O. The van der Waals surface area contributed by atoms with E-state index in [0.717, 1.165) is 18.6 Å². The molecule has 0 aliphatic carbocycles. The number of carbonyl (C=O) groups is 1. The largest absolute Gasteiger partial charge is 0.416 e. The van der Waals surface area contributed by atoms with Gasteiger partial charge in [-0.3, -0.25) is 4.68 Å². The van der Waals surface area contributed by atoms with Crippen LogP contribution < -0.4 is 5.32 Å². The lowest BCUT2D eigenvalue weighted by atomic mass is 10.1. The lowest BCUT2D eigenvalue weighted by Gasteiger charge is -2.18. The molecule has 0 saturated carbocycles. The van der Waals surface area contributed by atoms with Crippen molar-refractivity contribution in [2.75, 3.05) is 18.4 Å². The van der Waals surface area contributed by atoms with Crippen molar-refractivity contribution in [1.29, 1.82) is 0 Å². The minimum Gasteiger partial charge on any atom is -0.322 e. The van der Waals surface area contributed by atoms with Crippen LogP contribution in [0, 0.1) is 6.92 Å². The van der Waals surface area contributed by atoms with Crippen molar-refractivity contribution in [3.63, 3.8) is 0 Å². The average molecular weight is 338 g/mol. The van der Waals surface area contributed by atoms with Gasteiger partial charge < -0.3 is 10.2 Å². The topological polar surface area (TPSA) is 50.2 Å². The van der Waals surface area contributed by atoms with Gasteiger partial charge >= 0.3 is 12.2 Å². The maximum Gasteiger partial charge on any atom is 0.416 e. The first kappa shape index (κ1) is 16.4. The number of nitrogens with one attached hydrogen (secondary N) is 1. The first-order valence-electron chi connectivity index (χ1n) is 7.57. The van der Waals surface area contributed by atoms with Gasteiger partial charge in [-0.25, -0.2) is 4.79 Å². The molecule has 1 unspecified atom stereocenters. The van der Waals surface area contributed by atoms with Gasteiger partial charge in [-0.1, -0.05) is 0 Å². The van der Waals surface area contributed by atoms with Crippen LogP contribution in [0.1, 0.15) is 23.6 Å². The number of carbonyl (C=O) groups excluding carboxylic acids is 1. The number of hydrogen-bond acceptors (Lipinski definition) is 2.